The summed E-state index contributed by atoms with van der Waals surface area (Å²) in [4.78, 5) is 25.9. The average Bonchev–Trinajstić information content (AvgIpc) is 3.05. The van der Waals surface area contributed by atoms with Crippen LogP contribution in [-0.4, -0.2) is 49.6 Å². The van der Waals surface area contributed by atoms with E-state index < -0.39 is 33.1 Å². The maximum atomic E-state index is 13.8. The van der Waals surface area contributed by atoms with Gasteiger partial charge in [0.15, 0.2) is 0 Å². The zero-order valence-corrected chi connectivity index (χ0v) is 14.5. The second-order valence-electron chi connectivity index (χ2n) is 6.80. The Hall–Kier alpha value is -2.16. The van der Waals surface area contributed by atoms with E-state index in [0.29, 0.717) is 13.0 Å². The number of aliphatic carboxylic acids is 1. The molecule has 2 fully saturated rings. The Balaban J connectivity index is 1.85. The summed E-state index contributed by atoms with van der Waals surface area (Å²) in [6.07, 6.45) is 3.03. The quantitative estimate of drug-likeness (QED) is 0.836. The highest BCUT2D eigenvalue weighted by Gasteiger charge is 2.55. The van der Waals surface area contributed by atoms with E-state index in [0.717, 1.165) is 31.2 Å². The second kappa shape index (κ2) is 5.98. The summed E-state index contributed by atoms with van der Waals surface area (Å²) in [6.45, 7) is 0.468. The first kappa shape index (κ1) is 17.7. The van der Waals surface area contributed by atoms with Crippen LogP contribution in [0.4, 0.5) is 10.1 Å². The third-order valence-corrected chi connectivity index (χ3v) is 5.68. The van der Waals surface area contributed by atoms with Gasteiger partial charge in [-0.3, -0.25) is 14.3 Å². The van der Waals surface area contributed by atoms with Crippen LogP contribution in [0, 0.1) is 17.2 Å². The first-order valence-electron chi connectivity index (χ1n) is 7.92. The maximum Gasteiger partial charge on any atom is 0.311 e. The lowest BCUT2D eigenvalue weighted by Crippen LogP contribution is -2.37. The Labute approximate surface area is 144 Å². The van der Waals surface area contributed by atoms with Crippen molar-refractivity contribution < 1.29 is 27.5 Å². The number of hydrogen-bond acceptors (Lipinski definition) is 4. The molecule has 1 aliphatic carbocycles. The molecule has 3 rings (SSSR count). The lowest BCUT2D eigenvalue weighted by molar-refractivity contribution is -0.149. The molecule has 2 atom stereocenters. The van der Waals surface area contributed by atoms with Gasteiger partial charge >= 0.3 is 5.97 Å². The van der Waals surface area contributed by atoms with Gasteiger partial charge < -0.3 is 10.0 Å². The van der Waals surface area contributed by atoms with Gasteiger partial charge in [0.05, 0.1) is 17.4 Å². The van der Waals surface area contributed by atoms with Crippen LogP contribution in [0.2, 0.25) is 0 Å². The molecule has 1 saturated heterocycles. The van der Waals surface area contributed by atoms with Gasteiger partial charge in [0, 0.05) is 18.7 Å². The molecule has 7 nitrogen and oxygen atoms in total. The zero-order valence-electron chi connectivity index (χ0n) is 13.7. The summed E-state index contributed by atoms with van der Waals surface area (Å²) in [6, 6.07) is 3.43. The van der Waals surface area contributed by atoms with Gasteiger partial charge in [-0.2, -0.15) is 0 Å². The van der Waals surface area contributed by atoms with E-state index in [1.54, 1.807) is 0 Å². The predicted molar refractivity (Wildman–Crippen MR) is 88.2 cm³/mol. The predicted octanol–water partition coefficient (Wildman–Crippen LogP) is 1.52. The standard InChI is InChI=1S/C16H19FN2O5S/c1-25(23,24)18-13-7-10(4-5-12(13)17)14(20)19-8-11-3-2-6-16(11,9-19)15(21)22/h4-5,7,11,18H,2-3,6,8-9H2,1H3,(H,21,22)/t11-,16+/m0/s1. The van der Waals surface area contributed by atoms with Crippen LogP contribution >= 0.6 is 0 Å². The van der Waals surface area contributed by atoms with Crippen molar-refractivity contribution in [3.63, 3.8) is 0 Å². The van der Waals surface area contributed by atoms with E-state index >= 15 is 0 Å². The van der Waals surface area contributed by atoms with Gasteiger partial charge in [0.25, 0.3) is 5.91 Å². The minimum atomic E-state index is -3.69. The number of hydrogen-bond donors (Lipinski definition) is 2. The van der Waals surface area contributed by atoms with Crippen molar-refractivity contribution in [2.45, 2.75) is 19.3 Å². The molecule has 0 spiro atoms. The SMILES string of the molecule is CS(=O)(=O)Nc1cc(C(=O)N2C[C@@H]3CCC[C@@]3(C(=O)O)C2)ccc1F. The third kappa shape index (κ3) is 3.20. The van der Waals surface area contributed by atoms with Crippen molar-refractivity contribution in [1.82, 2.24) is 4.90 Å². The van der Waals surface area contributed by atoms with Gasteiger partial charge in [0.1, 0.15) is 5.82 Å². The molecule has 2 N–H and O–H groups in total. The molecule has 1 aliphatic heterocycles. The number of sulfonamides is 1. The number of carboxylic acids is 1. The van der Waals surface area contributed by atoms with Crippen LogP contribution in [0.25, 0.3) is 0 Å². The van der Waals surface area contributed by atoms with Crippen LogP contribution in [0.3, 0.4) is 0 Å². The number of benzene rings is 1. The van der Waals surface area contributed by atoms with Crippen LogP contribution in [0.15, 0.2) is 18.2 Å². The van der Waals surface area contributed by atoms with Crippen molar-refractivity contribution >= 4 is 27.6 Å². The molecular weight excluding hydrogens is 351 g/mol. The van der Waals surface area contributed by atoms with Crippen LogP contribution in [0.1, 0.15) is 29.6 Å². The molecule has 2 aliphatic rings. The first-order chi connectivity index (χ1) is 11.6. The van der Waals surface area contributed by atoms with Crippen molar-refractivity contribution in [2.75, 3.05) is 24.1 Å². The van der Waals surface area contributed by atoms with E-state index in [1.165, 1.54) is 11.0 Å². The maximum absolute atomic E-state index is 13.8. The van der Waals surface area contributed by atoms with E-state index in [9.17, 15) is 27.5 Å². The first-order valence-corrected chi connectivity index (χ1v) is 9.81. The third-order valence-electron chi connectivity index (χ3n) is 5.09. The van der Waals surface area contributed by atoms with Gasteiger partial charge in [0.2, 0.25) is 10.0 Å². The number of fused-ring (bicyclic) bond motifs is 1. The minimum absolute atomic E-state index is 0.0805. The van der Waals surface area contributed by atoms with E-state index in [2.05, 4.69) is 0 Å². The lowest BCUT2D eigenvalue weighted by Gasteiger charge is -2.23. The smallest absolute Gasteiger partial charge is 0.311 e. The highest BCUT2D eigenvalue weighted by atomic mass is 32.2. The summed E-state index contributed by atoms with van der Waals surface area (Å²) in [7, 11) is -3.69. The highest BCUT2D eigenvalue weighted by Crippen LogP contribution is 2.49. The number of carboxylic acid groups (broad SMARTS) is 1. The molecular formula is C16H19FN2O5S. The molecule has 9 heteroatoms. The van der Waals surface area contributed by atoms with E-state index in [-0.39, 0.29) is 23.7 Å². The Kier molecular flexibility index (Phi) is 4.22. The van der Waals surface area contributed by atoms with Gasteiger partial charge in [-0.1, -0.05) is 6.42 Å². The Morgan fingerprint density at radius 2 is 2.12 bits per heavy atom. The minimum Gasteiger partial charge on any atom is -0.481 e. The summed E-state index contributed by atoms with van der Waals surface area (Å²) < 4.78 is 38.4. The van der Waals surface area contributed by atoms with Crippen LogP contribution < -0.4 is 4.72 Å². The van der Waals surface area contributed by atoms with Crippen LogP contribution in [-0.2, 0) is 14.8 Å². The number of halogens is 1. The number of anilines is 1. The Morgan fingerprint density at radius 1 is 1.40 bits per heavy atom. The Morgan fingerprint density at radius 3 is 2.72 bits per heavy atom. The summed E-state index contributed by atoms with van der Waals surface area (Å²) in [5.74, 6) is -2.18. The largest absolute Gasteiger partial charge is 0.481 e. The molecule has 0 aromatic heterocycles. The second-order valence-corrected chi connectivity index (χ2v) is 8.55. The fourth-order valence-electron chi connectivity index (χ4n) is 3.91. The normalized spacial score (nSPS) is 25.7. The molecule has 25 heavy (non-hydrogen) atoms. The van der Waals surface area contributed by atoms with Crippen molar-refractivity contribution in [3.8, 4) is 0 Å². The van der Waals surface area contributed by atoms with Crippen molar-refractivity contribution in [3.05, 3.63) is 29.6 Å². The lowest BCUT2D eigenvalue weighted by atomic mass is 9.81. The number of carbonyl (C=O) groups excluding carboxylic acids is 1. The summed E-state index contributed by atoms with van der Waals surface area (Å²) in [5.41, 5.74) is -1.09. The fraction of sp³-hybridized carbons (Fsp3) is 0.500. The van der Waals surface area contributed by atoms with Gasteiger partial charge in [-0.05, 0) is 37.0 Å². The van der Waals surface area contributed by atoms with Crippen molar-refractivity contribution in [2.24, 2.45) is 11.3 Å². The molecule has 136 valence electrons. The molecule has 1 aromatic rings. The molecule has 1 heterocycles. The average molecular weight is 370 g/mol. The number of likely N-dealkylation sites (tertiary alicyclic amines) is 1. The highest BCUT2D eigenvalue weighted by molar-refractivity contribution is 7.92. The molecule has 0 unspecified atom stereocenters. The molecule has 0 bridgehead atoms. The van der Waals surface area contributed by atoms with Gasteiger partial charge in [-0.15, -0.1) is 0 Å². The number of nitrogens with zero attached hydrogens (tertiary/aromatic N) is 1. The number of rotatable bonds is 4. The van der Waals surface area contributed by atoms with E-state index in [4.69, 9.17) is 0 Å². The van der Waals surface area contributed by atoms with Crippen molar-refractivity contribution in [1.29, 1.82) is 0 Å². The van der Waals surface area contributed by atoms with Gasteiger partial charge in [-0.25, -0.2) is 12.8 Å². The summed E-state index contributed by atoms with van der Waals surface area (Å²) >= 11 is 0. The zero-order chi connectivity index (χ0) is 18.4. The fourth-order valence-corrected chi connectivity index (χ4v) is 4.47. The molecule has 1 saturated carbocycles. The van der Waals surface area contributed by atoms with Crippen LogP contribution in [0.5, 0.6) is 0 Å². The monoisotopic (exact) mass is 370 g/mol. The topological polar surface area (TPSA) is 104 Å². The summed E-state index contributed by atoms with van der Waals surface area (Å²) in [5, 5.41) is 9.59. The molecule has 1 aromatic carbocycles. The van der Waals surface area contributed by atoms with E-state index in [1.807, 2.05) is 4.72 Å². The number of nitrogens with one attached hydrogen (secondary N) is 1. The number of carbonyl (C=O) groups is 2. The molecule has 0 radical (unpaired) electrons. The molecule has 1 amide bonds. The number of amides is 1. The Bertz CT molecular complexity index is 841.